The van der Waals surface area contributed by atoms with Crippen molar-refractivity contribution in [1.29, 1.82) is 0 Å². The first-order chi connectivity index (χ1) is 9.97. The highest BCUT2D eigenvalue weighted by molar-refractivity contribution is 5.92. The number of benzene rings is 1. The third-order valence-electron chi connectivity index (χ3n) is 3.11. The first-order valence-electron chi connectivity index (χ1n) is 7.25. The highest BCUT2D eigenvalue weighted by atomic mass is 16.5. The van der Waals surface area contributed by atoms with Crippen LogP contribution < -0.4 is 10.2 Å². The smallest absolute Gasteiger partial charge is 0.407 e. The predicted octanol–water partition coefficient (Wildman–Crippen LogP) is 2.91. The zero-order valence-electron chi connectivity index (χ0n) is 13.2. The molecule has 0 heterocycles. The molecule has 0 spiro atoms. The number of rotatable bonds is 6. The third kappa shape index (κ3) is 5.10. The van der Waals surface area contributed by atoms with Gasteiger partial charge in [0.15, 0.2) is 0 Å². The Hall–Kier alpha value is -2.04. The molecule has 0 aromatic heterocycles. The van der Waals surface area contributed by atoms with Crippen LogP contribution in [0.1, 0.15) is 39.2 Å². The van der Waals surface area contributed by atoms with Crippen molar-refractivity contribution in [3.8, 4) is 0 Å². The average Bonchev–Trinajstić information content (AvgIpc) is 2.43. The summed E-state index contributed by atoms with van der Waals surface area (Å²) >= 11 is 0. The summed E-state index contributed by atoms with van der Waals surface area (Å²) in [4.78, 5) is 24.9. The molecule has 21 heavy (non-hydrogen) atoms. The molecule has 0 radical (unpaired) electrons. The molecule has 0 saturated heterocycles. The lowest BCUT2D eigenvalue weighted by atomic mass is 10.0. The number of carbonyl (C=O) groups excluding carboxylic acids is 2. The molecular weight excluding hydrogens is 268 g/mol. The molecule has 0 aliphatic carbocycles. The van der Waals surface area contributed by atoms with Crippen LogP contribution in [0.4, 0.5) is 10.5 Å². The van der Waals surface area contributed by atoms with Gasteiger partial charge in [-0.1, -0.05) is 32.0 Å². The van der Waals surface area contributed by atoms with E-state index in [0.717, 1.165) is 11.3 Å². The first-order valence-corrected chi connectivity index (χ1v) is 7.25. The number of alkyl carbamates (subject to hydrolysis) is 1. The van der Waals surface area contributed by atoms with Crippen molar-refractivity contribution in [1.82, 2.24) is 5.32 Å². The van der Waals surface area contributed by atoms with Gasteiger partial charge in [0.05, 0.1) is 6.61 Å². The lowest BCUT2D eigenvalue weighted by molar-refractivity contribution is -0.116. The molecule has 0 aliphatic heterocycles. The summed E-state index contributed by atoms with van der Waals surface area (Å²) in [5, 5.41) is 2.63. The van der Waals surface area contributed by atoms with Crippen LogP contribution in [0.3, 0.4) is 0 Å². The summed E-state index contributed by atoms with van der Waals surface area (Å²) in [5.74, 6) is 0.273. The molecule has 1 rings (SSSR count). The molecule has 116 valence electrons. The second-order valence-electron chi connectivity index (χ2n) is 5.03. The Morgan fingerprint density at radius 1 is 1.29 bits per heavy atom. The number of hydrogen-bond acceptors (Lipinski definition) is 3. The fraction of sp³-hybridized carbons (Fsp3) is 0.500. The Labute approximate surface area is 126 Å². The average molecular weight is 292 g/mol. The molecule has 0 bridgehead atoms. The summed E-state index contributed by atoms with van der Waals surface area (Å²) in [7, 11) is 0. The van der Waals surface area contributed by atoms with E-state index in [4.69, 9.17) is 4.74 Å². The molecule has 1 N–H and O–H groups in total. The Morgan fingerprint density at radius 2 is 1.95 bits per heavy atom. The van der Waals surface area contributed by atoms with Crippen LogP contribution >= 0.6 is 0 Å². The van der Waals surface area contributed by atoms with Gasteiger partial charge in [-0.05, 0) is 24.5 Å². The second-order valence-corrected chi connectivity index (χ2v) is 5.03. The fourth-order valence-corrected chi connectivity index (χ4v) is 2.12. The molecule has 1 aromatic rings. The zero-order chi connectivity index (χ0) is 15.8. The Balaban J connectivity index is 2.79. The van der Waals surface area contributed by atoms with Gasteiger partial charge in [-0.3, -0.25) is 4.79 Å². The number of nitrogens with one attached hydrogen (secondary N) is 1. The van der Waals surface area contributed by atoms with Crippen molar-refractivity contribution in [3.05, 3.63) is 29.8 Å². The molecule has 5 heteroatoms. The van der Waals surface area contributed by atoms with Crippen LogP contribution in [-0.2, 0) is 9.53 Å². The maximum atomic E-state index is 11.9. The lowest BCUT2D eigenvalue weighted by Crippen LogP contribution is -2.38. The summed E-state index contributed by atoms with van der Waals surface area (Å²) in [6.45, 7) is 8.56. The van der Waals surface area contributed by atoms with E-state index in [2.05, 4.69) is 19.2 Å². The fourth-order valence-electron chi connectivity index (χ4n) is 2.12. The van der Waals surface area contributed by atoms with E-state index in [0.29, 0.717) is 25.6 Å². The number of hydrogen-bond donors (Lipinski definition) is 1. The highest BCUT2D eigenvalue weighted by Gasteiger charge is 2.16. The lowest BCUT2D eigenvalue weighted by Gasteiger charge is -2.25. The normalized spacial score (nSPS) is 10.3. The Morgan fingerprint density at radius 3 is 2.52 bits per heavy atom. The minimum Gasteiger partial charge on any atom is -0.450 e. The molecule has 0 unspecified atom stereocenters. The number of carbonyl (C=O) groups is 2. The van der Waals surface area contributed by atoms with E-state index in [-0.39, 0.29) is 5.91 Å². The molecule has 5 nitrogen and oxygen atoms in total. The largest absolute Gasteiger partial charge is 0.450 e. The van der Waals surface area contributed by atoms with E-state index in [1.807, 2.05) is 24.3 Å². The standard InChI is InChI=1S/C16H24N2O3/c1-5-21-16(20)17-10-11-18(13(4)19)15-9-7-6-8-14(15)12(2)3/h6-9,12H,5,10-11H2,1-4H3,(H,17,20). The SMILES string of the molecule is CCOC(=O)NCCN(C(C)=O)c1ccccc1C(C)C. The van der Waals surface area contributed by atoms with Gasteiger partial charge in [-0.2, -0.15) is 0 Å². The number of amides is 2. The summed E-state index contributed by atoms with van der Waals surface area (Å²) < 4.78 is 4.80. The predicted molar refractivity (Wildman–Crippen MR) is 83.6 cm³/mol. The molecule has 2 amide bonds. The van der Waals surface area contributed by atoms with Gasteiger partial charge in [0.25, 0.3) is 0 Å². The van der Waals surface area contributed by atoms with Crippen LogP contribution in [0.5, 0.6) is 0 Å². The monoisotopic (exact) mass is 292 g/mol. The second kappa shape index (κ2) is 8.29. The molecule has 0 fully saturated rings. The topological polar surface area (TPSA) is 58.6 Å². The van der Waals surface area contributed by atoms with Crippen molar-refractivity contribution in [2.24, 2.45) is 0 Å². The minimum absolute atomic E-state index is 0.0474. The van der Waals surface area contributed by atoms with Crippen molar-refractivity contribution in [2.75, 3.05) is 24.6 Å². The van der Waals surface area contributed by atoms with Gasteiger partial charge in [0.2, 0.25) is 5.91 Å². The van der Waals surface area contributed by atoms with Gasteiger partial charge >= 0.3 is 6.09 Å². The maximum Gasteiger partial charge on any atom is 0.407 e. The van der Waals surface area contributed by atoms with Gasteiger partial charge in [-0.25, -0.2) is 4.79 Å². The first kappa shape index (κ1) is 17.0. The zero-order valence-corrected chi connectivity index (χ0v) is 13.2. The van der Waals surface area contributed by atoms with Crippen LogP contribution in [0.2, 0.25) is 0 Å². The number of anilines is 1. The van der Waals surface area contributed by atoms with E-state index in [1.165, 1.54) is 6.92 Å². The molecule has 0 atom stereocenters. The Bertz CT molecular complexity index is 486. The van der Waals surface area contributed by atoms with Crippen LogP contribution in [0, 0.1) is 0 Å². The number of nitrogens with zero attached hydrogens (tertiary/aromatic N) is 1. The van der Waals surface area contributed by atoms with Crippen molar-refractivity contribution >= 4 is 17.7 Å². The summed E-state index contributed by atoms with van der Waals surface area (Å²) in [6.07, 6.45) is -0.460. The Kier molecular flexibility index (Phi) is 6.72. The van der Waals surface area contributed by atoms with Crippen molar-refractivity contribution < 1.29 is 14.3 Å². The number of para-hydroxylation sites is 1. The quantitative estimate of drug-likeness (QED) is 0.877. The van der Waals surface area contributed by atoms with Crippen LogP contribution in [0.15, 0.2) is 24.3 Å². The van der Waals surface area contributed by atoms with Crippen LogP contribution in [0.25, 0.3) is 0 Å². The van der Waals surface area contributed by atoms with E-state index in [1.54, 1.807) is 11.8 Å². The third-order valence-corrected chi connectivity index (χ3v) is 3.11. The van der Waals surface area contributed by atoms with Crippen molar-refractivity contribution in [3.63, 3.8) is 0 Å². The number of ether oxygens (including phenoxy) is 1. The van der Waals surface area contributed by atoms with E-state index in [9.17, 15) is 9.59 Å². The highest BCUT2D eigenvalue weighted by Crippen LogP contribution is 2.27. The molecule has 0 aliphatic rings. The van der Waals surface area contributed by atoms with Gasteiger partial charge in [0, 0.05) is 25.7 Å². The van der Waals surface area contributed by atoms with Crippen molar-refractivity contribution in [2.45, 2.75) is 33.6 Å². The minimum atomic E-state index is -0.460. The maximum absolute atomic E-state index is 11.9. The van der Waals surface area contributed by atoms with E-state index < -0.39 is 6.09 Å². The van der Waals surface area contributed by atoms with Crippen LogP contribution in [-0.4, -0.2) is 31.7 Å². The van der Waals surface area contributed by atoms with Gasteiger partial charge < -0.3 is 15.0 Å². The molecular formula is C16H24N2O3. The summed E-state index contributed by atoms with van der Waals surface area (Å²) in [6, 6.07) is 7.83. The van der Waals surface area contributed by atoms with Gasteiger partial charge in [-0.15, -0.1) is 0 Å². The summed E-state index contributed by atoms with van der Waals surface area (Å²) in [5.41, 5.74) is 2.01. The van der Waals surface area contributed by atoms with E-state index >= 15 is 0 Å². The molecule has 1 aromatic carbocycles. The van der Waals surface area contributed by atoms with Gasteiger partial charge in [0.1, 0.15) is 0 Å². The molecule has 0 saturated carbocycles.